The summed E-state index contributed by atoms with van der Waals surface area (Å²) in [6.45, 7) is 6.33. The highest BCUT2D eigenvalue weighted by molar-refractivity contribution is 7.99. The summed E-state index contributed by atoms with van der Waals surface area (Å²) in [5, 5.41) is 10.2. The van der Waals surface area contributed by atoms with Crippen molar-refractivity contribution in [3.63, 3.8) is 0 Å². The Morgan fingerprint density at radius 1 is 1.18 bits per heavy atom. The topological polar surface area (TPSA) is 43.9 Å². The second-order valence-corrected chi connectivity index (χ2v) is 6.61. The van der Waals surface area contributed by atoms with Crippen molar-refractivity contribution in [2.75, 3.05) is 0 Å². The second kappa shape index (κ2) is 6.40. The number of rotatable bonds is 5. The largest absolute Gasteiger partial charge is 0.469 e. The highest BCUT2D eigenvalue weighted by Crippen LogP contribution is 2.32. The number of para-hydroxylation sites is 1. The van der Waals surface area contributed by atoms with Gasteiger partial charge in [0.25, 0.3) is 0 Å². The van der Waals surface area contributed by atoms with Gasteiger partial charge in [0.05, 0.1) is 11.8 Å². The molecule has 1 aromatic carbocycles. The molecule has 0 spiro atoms. The third-order valence-electron chi connectivity index (χ3n) is 3.63. The molecule has 0 saturated carbocycles. The molecule has 0 bridgehead atoms. The minimum absolute atomic E-state index is 0.491. The lowest BCUT2D eigenvalue weighted by Crippen LogP contribution is -2.02. The molecule has 2 aromatic heterocycles. The summed E-state index contributed by atoms with van der Waals surface area (Å²) < 4.78 is 7.54. The van der Waals surface area contributed by atoms with Gasteiger partial charge in [-0.1, -0.05) is 43.8 Å². The van der Waals surface area contributed by atoms with Crippen LogP contribution in [0, 0.1) is 6.92 Å². The Bertz CT molecular complexity index is 748. The van der Waals surface area contributed by atoms with Crippen LogP contribution in [0.25, 0.3) is 17.1 Å². The Labute approximate surface area is 134 Å². The van der Waals surface area contributed by atoms with E-state index in [1.807, 2.05) is 31.2 Å². The molecule has 0 radical (unpaired) electrons. The summed E-state index contributed by atoms with van der Waals surface area (Å²) in [5.74, 6) is 1.67. The van der Waals surface area contributed by atoms with E-state index in [1.54, 1.807) is 18.0 Å². The monoisotopic (exact) mass is 313 g/mol. The van der Waals surface area contributed by atoms with Crippen molar-refractivity contribution >= 4 is 11.8 Å². The Kier molecular flexibility index (Phi) is 4.34. The van der Waals surface area contributed by atoms with Gasteiger partial charge in [-0.15, -0.1) is 10.2 Å². The van der Waals surface area contributed by atoms with Crippen LogP contribution >= 0.6 is 11.8 Å². The standard InChI is InChI=1S/C17H19N3OS/c1-4-12(2)22-17-19-18-16(15-10-11-21-13(15)3)20(17)14-8-6-5-7-9-14/h5-12H,4H2,1-3H3. The minimum atomic E-state index is 0.491. The number of benzene rings is 1. The molecular weight excluding hydrogens is 294 g/mol. The van der Waals surface area contributed by atoms with Gasteiger partial charge in [-0.3, -0.25) is 4.57 Å². The van der Waals surface area contributed by atoms with E-state index in [0.717, 1.165) is 34.4 Å². The highest BCUT2D eigenvalue weighted by Gasteiger charge is 2.19. The summed E-state index contributed by atoms with van der Waals surface area (Å²) >= 11 is 1.75. The molecule has 4 nitrogen and oxygen atoms in total. The van der Waals surface area contributed by atoms with Crippen LogP contribution in [0.2, 0.25) is 0 Å². The number of thioether (sulfide) groups is 1. The van der Waals surface area contributed by atoms with Crippen LogP contribution < -0.4 is 0 Å². The molecule has 0 fully saturated rings. The van der Waals surface area contributed by atoms with Gasteiger partial charge in [-0.05, 0) is 31.5 Å². The average molecular weight is 313 g/mol. The predicted octanol–water partition coefficient (Wildman–Crippen LogP) is 4.73. The van der Waals surface area contributed by atoms with Crippen molar-refractivity contribution in [3.05, 3.63) is 48.4 Å². The van der Waals surface area contributed by atoms with Crippen molar-refractivity contribution in [1.82, 2.24) is 14.8 Å². The van der Waals surface area contributed by atoms with E-state index in [1.165, 1.54) is 0 Å². The van der Waals surface area contributed by atoms with Crippen LogP contribution in [-0.4, -0.2) is 20.0 Å². The van der Waals surface area contributed by atoms with Crippen LogP contribution in [0.3, 0.4) is 0 Å². The quantitative estimate of drug-likeness (QED) is 0.639. The molecule has 1 atom stereocenters. The van der Waals surface area contributed by atoms with Crippen molar-refractivity contribution < 1.29 is 4.42 Å². The summed E-state index contributed by atoms with van der Waals surface area (Å²) in [5.41, 5.74) is 2.04. The summed E-state index contributed by atoms with van der Waals surface area (Å²) in [6, 6.07) is 12.2. The van der Waals surface area contributed by atoms with Crippen molar-refractivity contribution in [2.45, 2.75) is 37.6 Å². The Morgan fingerprint density at radius 3 is 2.59 bits per heavy atom. The highest BCUT2D eigenvalue weighted by atomic mass is 32.2. The fourth-order valence-electron chi connectivity index (χ4n) is 2.21. The Hall–Kier alpha value is -2.01. The zero-order valence-electron chi connectivity index (χ0n) is 13.0. The summed E-state index contributed by atoms with van der Waals surface area (Å²) in [4.78, 5) is 0. The summed E-state index contributed by atoms with van der Waals surface area (Å²) in [6.07, 6.45) is 2.78. The number of aryl methyl sites for hydroxylation is 1. The van der Waals surface area contributed by atoms with E-state index in [9.17, 15) is 0 Å². The van der Waals surface area contributed by atoms with E-state index < -0.39 is 0 Å². The second-order valence-electron chi connectivity index (χ2n) is 5.20. The molecule has 0 saturated heterocycles. The molecule has 2 heterocycles. The van der Waals surface area contributed by atoms with Gasteiger partial charge in [-0.2, -0.15) is 0 Å². The first kappa shape index (κ1) is 14.9. The molecule has 114 valence electrons. The Morgan fingerprint density at radius 2 is 1.95 bits per heavy atom. The van der Waals surface area contributed by atoms with E-state index in [0.29, 0.717) is 5.25 Å². The SMILES string of the molecule is CCC(C)Sc1nnc(-c2ccoc2C)n1-c1ccccc1. The number of hydrogen-bond donors (Lipinski definition) is 0. The van der Waals surface area contributed by atoms with E-state index in [4.69, 9.17) is 4.42 Å². The van der Waals surface area contributed by atoms with Gasteiger partial charge < -0.3 is 4.42 Å². The first-order chi connectivity index (χ1) is 10.7. The average Bonchev–Trinajstić information content (AvgIpc) is 3.14. The van der Waals surface area contributed by atoms with Crippen LogP contribution in [-0.2, 0) is 0 Å². The zero-order chi connectivity index (χ0) is 15.5. The number of hydrogen-bond acceptors (Lipinski definition) is 4. The molecule has 3 rings (SSSR count). The molecular formula is C17H19N3OS. The molecule has 3 aromatic rings. The van der Waals surface area contributed by atoms with Gasteiger partial charge >= 0.3 is 0 Å². The third kappa shape index (κ3) is 2.81. The first-order valence-electron chi connectivity index (χ1n) is 7.42. The van der Waals surface area contributed by atoms with E-state index in [2.05, 4.69) is 40.7 Å². The van der Waals surface area contributed by atoms with Gasteiger partial charge in [-0.25, -0.2) is 0 Å². The van der Waals surface area contributed by atoms with E-state index >= 15 is 0 Å². The van der Waals surface area contributed by atoms with Crippen LogP contribution in [0.1, 0.15) is 26.0 Å². The van der Waals surface area contributed by atoms with Crippen LogP contribution in [0.5, 0.6) is 0 Å². The van der Waals surface area contributed by atoms with Gasteiger partial charge in [0.15, 0.2) is 11.0 Å². The molecule has 5 heteroatoms. The van der Waals surface area contributed by atoms with Crippen molar-refractivity contribution in [2.24, 2.45) is 0 Å². The number of aromatic nitrogens is 3. The van der Waals surface area contributed by atoms with Gasteiger partial charge in [0.2, 0.25) is 0 Å². The fourth-order valence-corrected chi connectivity index (χ4v) is 3.12. The lowest BCUT2D eigenvalue weighted by atomic mass is 10.2. The lowest BCUT2D eigenvalue weighted by molar-refractivity contribution is 0.535. The third-order valence-corrected chi connectivity index (χ3v) is 4.84. The molecule has 1 unspecified atom stereocenters. The maximum atomic E-state index is 5.43. The maximum Gasteiger partial charge on any atom is 0.196 e. The van der Waals surface area contributed by atoms with Gasteiger partial charge in [0.1, 0.15) is 5.76 Å². The minimum Gasteiger partial charge on any atom is -0.469 e. The lowest BCUT2D eigenvalue weighted by Gasteiger charge is -2.12. The normalized spacial score (nSPS) is 12.5. The Balaban J connectivity index is 2.13. The molecule has 22 heavy (non-hydrogen) atoms. The van der Waals surface area contributed by atoms with Crippen LogP contribution in [0.15, 0.2) is 52.2 Å². The first-order valence-corrected chi connectivity index (χ1v) is 8.30. The molecule has 0 aliphatic rings. The molecule has 0 N–H and O–H groups in total. The smallest absolute Gasteiger partial charge is 0.196 e. The summed E-state index contributed by atoms with van der Waals surface area (Å²) in [7, 11) is 0. The molecule has 0 aliphatic heterocycles. The number of nitrogens with zero attached hydrogens (tertiary/aromatic N) is 3. The predicted molar refractivity (Wildman–Crippen MR) is 89.4 cm³/mol. The molecule has 0 aliphatic carbocycles. The fraction of sp³-hybridized carbons (Fsp3) is 0.294. The number of furan rings is 1. The van der Waals surface area contributed by atoms with Crippen molar-refractivity contribution in [1.29, 1.82) is 0 Å². The van der Waals surface area contributed by atoms with Gasteiger partial charge in [0, 0.05) is 10.9 Å². The van der Waals surface area contributed by atoms with Crippen LogP contribution in [0.4, 0.5) is 0 Å². The van der Waals surface area contributed by atoms with E-state index in [-0.39, 0.29) is 0 Å². The molecule has 0 amide bonds. The zero-order valence-corrected chi connectivity index (χ0v) is 13.8. The maximum absolute atomic E-state index is 5.43. The van der Waals surface area contributed by atoms with Crippen molar-refractivity contribution in [3.8, 4) is 17.1 Å².